The number of anilines is 1. The number of pyridine rings is 1. The van der Waals surface area contributed by atoms with Crippen molar-refractivity contribution in [2.75, 3.05) is 11.9 Å². The van der Waals surface area contributed by atoms with E-state index >= 15 is 0 Å². The Balaban J connectivity index is 1.35. The highest BCUT2D eigenvalue weighted by Gasteiger charge is 2.40. The molecule has 36 heavy (non-hydrogen) atoms. The minimum absolute atomic E-state index is 0.0104. The molecule has 0 aliphatic carbocycles. The fourth-order valence-electron chi connectivity index (χ4n) is 4.36. The van der Waals surface area contributed by atoms with Crippen molar-refractivity contribution in [1.82, 2.24) is 35.5 Å². The molecular weight excluding hydrogens is 477 g/mol. The maximum absolute atomic E-state index is 13.4. The molecule has 1 aliphatic rings. The van der Waals surface area contributed by atoms with Gasteiger partial charge in [-0.1, -0.05) is 6.07 Å². The van der Waals surface area contributed by atoms with Crippen molar-refractivity contribution in [2.45, 2.75) is 38.4 Å². The van der Waals surface area contributed by atoms with Gasteiger partial charge in [-0.15, -0.1) is 0 Å². The molecule has 0 unspecified atom stereocenters. The van der Waals surface area contributed by atoms with Crippen molar-refractivity contribution in [3.8, 4) is 0 Å². The number of aromatic amines is 2. The molecular formula is C23H21F3N8O2. The van der Waals surface area contributed by atoms with Crippen LogP contribution in [0.4, 0.5) is 19.0 Å². The summed E-state index contributed by atoms with van der Waals surface area (Å²) in [6.45, 7) is 2.43. The Hall–Kier alpha value is -4.29. The van der Waals surface area contributed by atoms with E-state index in [1.54, 1.807) is 11.0 Å². The Morgan fingerprint density at radius 3 is 2.72 bits per heavy atom. The van der Waals surface area contributed by atoms with Gasteiger partial charge in [-0.2, -0.15) is 33.7 Å². The molecule has 13 heteroatoms. The molecule has 3 N–H and O–H groups in total. The van der Waals surface area contributed by atoms with Crippen molar-refractivity contribution >= 4 is 28.5 Å². The number of amides is 2. The zero-order valence-electron chi connectivity index (χ0n) is 19.1. The predicted octanol–water partition coefficient (Wildman–Crippen LogP) is 4.02. The van der Waals surface area contributed by atoms with E-state index in [4.69, 9.17) is 0 Å². The van der Waals surface area contributed by atoms with Crippen LogP contribution in [0.5, 0.6) is 0 Å². The first-order chi connectivity index (χ1) is 17.2. The largest absolute Gasteiger partial charge is 0.437 e. The van der Waals surface area contributed by atoms with Crippen molar-refractivity contribution in [2.24, 2.45) is 0 Å². The number of rotatable bonds is 4. The molecule has 4 aromatic rings. The molecule has 1 atom stereocenters. The zero-order chi connectivity index (χ0) is 25.4. The van der Waals surface area contributed by atoms with Gasteiger partial charge in [-0.05, 0) is 50.5 Å². The van der Waals surface area contributed by atoms with Gasteiger partial charge in [0.2, 0.25) is 0 Å². The third-order valence-electron chi connectivity index (χ3n) is 6.07. The number of hydrogen-bond donors (Lipinski definition) is 3. The second-order valence-electron chi connectivity index (χ2n) is 8.55. The van der Waals surface area contributed by atoms with Crippen molar-refractivity contribution in [1.29, 1.82) is 0 Å². The Kier molecular flexibility index (Phi) is 5.90. The number of benzene rings is 1. The Morgan fingerprint density at radius 1 is 1.08 bits per heavy atom. The van der Waals surface area contributed by atoms with E-state index in [1.807, 2.05) is 36.4 Å². The van der Waals surface area contributed by atoms with Gasteiger partial charge in [0.05, 0.1) is 17.3 Å². The molecule has 186 valence electrons. The lowest BCUT2D eigenvalue weighted by molar-refractivity contribution is -0.141. The number of carbonyl (C=O) groups is 2. The lowest BCUT2D eigenvalue weighted by Crippen LogP contribution is -2.38. The summed E-state index contributed by atoms with van der Waals surface area (Å²) in [7, 11) is 0. The number of hydrogen-bond acceptors (Lipinski definition) is 6. The van der Waals surface area contributed by atoms with Crippen molar-refractivity contribution in [3.05, 3.63) is 64.7 Å². The highest BCUT2D eigenvalue weighted by molar-refractivity contribution is 6.03. The number of halogens is 3. The highest BCUT2D eigenvalue weighted by Crippen LogP contribution is 2.33. The molecule has 2 amide bonds. The molecule has 1 fully saturated rings. The number of likely N-dealkylation sites (tertiary alicyclic amines) is 1. The van der Waals surface area contributed by atoms with Gasteiger partial charge in [0.15, 0.2) is 17.2 Å². The molecule has 10 nitrogen and oxygen atoms in total. The summed E-state index contributed by atoms with van der Waals surface area (Å²) in [5.74, 6) is -1.25. The summed E-state index contributed by atoms with van der Waals surface area (Å²) < 4.78 is 39.1. The number of aromatic nitrogens is 6. The Labute approximate surface area is 202 Å². The predicted molar refractivity (Wildman–Crippen MR) is 122 cm³/mol. The number of piperidine rings is 1. The van der Waals surface area contributed by atoms with Crippen LogP contribution in [0.25, 0.3) is 10.9 Å². The van der Waals surface area contributed by atoms with E-state index in [0.29, 0.717) is 24.2 Å². The fourth-order valence-corrected chi connectivity index (χ4v) is 4.36. The Morgan fingerprint density at radius 2 is 1.92 bits per heavy atom. The third kappa shape index (κ3) is 4.51. The number of aryl methyl sites for hydroxylation is 1. The van der Waals surface area contributed by atoms with Gasteiger partial charge in [0.1, 0.15) is 0 Å². The molecule has 3 aromatic heterocycles. The van der Waals surface area contributed by atoms with E-state index in [1.165, 1.54) is 6.07 Å². The van der Waals surface area contributed by atoms with Crippen LogP contribution in [0.3, 0.4) is 0 Å². The molecule has 1 saturated heterocycles. The summed E-state index contributed by atoms with van der Waals surface area (Å²) in [5.41, 5.74) is 0.476. The topological polar surface area (TPSA) is 133 Å². The summed E-state index contributed by atoms with van der Waals surface area (Å²) in [6.07, 6.45) is -2.46. The molecule has 0 radical (unpaired) electrons. The highest BCUT2D eigenvalue weighted by atomic mass is 19.4. The normalized spacial score (nSPS) is 16.3. The van der Waals surface area contributed by atoms with Crippen LogP contribution < -0.4 is 5.32 Å². The summed E-state index contributed by atoms with van der Waals surface area (Å²) in [6, 6.07) is 10.4. The quantitative estimate of drug-likeness (QED) is 0.389. The molecule has 0 spiro atoms. The third-order valence-corrected chi connectivity index (χ3v) is 6.07. The summed E-state index contributed by atoms with van der Waals surface area (Å²) >= 11 is 0. The maximum atomic E-state index is 13.4. The number of alkyl halides is 3. The van der Waals surface area contributed by atoms with Gasteiger partial charge < -0.3 is 10.2 Å². The second kappa shape index (κ2) is 9.06. The zero-order valence-corrected chi connectivity index (χ0v) is 19.1. The monoisotopic (exact) mass is 498 g/mol. The first kappa shape index (κ1) is 23.5. The van der Waals surface area contributed by atoms with Crippen molar-refractivity contribution < 1.29 is 22.8 Å². The van der Waals surface area contributed by atoms with E-state index in [2.05, 4.69) is 30.7 Å². The van der Waals surface area contributed by atoms with Crippen LogP contribution in [0.1, 0.15) is 63.2 Å². The average molecular weight is 498 g/mol. The number of nitrogens with zero attached hydrogens (tertiary/aromatic N) is 5. The van der Waals surface area contributed by atoms with Crippen LogP contribution in [0.2, 0.25) is 0 Å². The van der Waals surface area contributed by atoms with Crippen LogP contribution in [-0.2, 0) is 6.18 Å². The van der Waals surface area contributed by atoms with E-state index in [-0.39, 0.29) is 17.8 Å². The SMILES string of the molecule is Cc1ccc2cc(C(=O)N3CCCC[C@H]3c3cc(NC(=O)c4n[nH]nc4C(F)(F)F)n[nH]3)ccc2n1. The fraction of sp³-hybridized carbons (Fsp3) is 0.304. The first-order valence-corrected chi connectivity index (χ1v) is 11.2. The molecule has 5 rings (SSSR count). The summed E-state index contributed by atoms with van der Waals surface area (Å²) in [5, 5.41) is 18.1. The summed E-state index contributed by atoms with van der Waals surface area (Å²) in [4.78, 5) is 32.0. The van der Waals surface area contributed by atoms with Gasteiger partial charge in [-0.3, -0.25) is 19.7 Å². The minimum Gasteiger partial charge on any atom is -0.330 e. The van der Waals surface area contributed by atoms with Gasteiger partial charge in [0.25, 0.3) is 11.8 Å². The smallest absolute Gasteiger partial charge is 0.330 e. The van der Waals surface area contributed by atoms with Crippen LogP contribution in [-0.4, -0.2) is 53.9 Å². The van der Waals surface area contributed by atoms with E-state index < -0.39 is 23.5 Å². The number of fused-ring (bicyclic) bond motifs is 1. The molecule has 1 aromatic carbocycles. The van der Waals surface area contributed by atoms with Gasteiger partial charge in [-0.25, -0.2) is 0 Å². The second-order valence-corrected chi connectivity index (χ2v) is 8.55. The maximum Gasteiger partial charge on any atom is 0.437 e. The van der Waals surface area contributed by atoms with Crippen LogP contribution in [0.15, 0.2) is 36.4 Å². The minimum atomic E-state index is -4.84. The first-order valence-electron chi connectivity index (χ1n) is 11.2. The molecule has 0 saturated carbocycles. The number of carbonyl (C=O) groups excluding carboxylic acids is 2. The molecule has 1 aliphatic heterocycles. The average Bonchev–Trinajstić information content (AvgIpc) is 3.53. The molecule has 4 heterocycles. The number of nitrogens with one attached hydrogen (secondary N) is 3. The standard InChI is InChI=1S/C23H21F3N8O2/c1-12-5-6-13-10-14(7-8-15(13)27-12)22(36)34-9-3-2-4-17(34)16-11-18(30-29-16)28-21(35)19-20(23(24,25)26)32-33-31-19/h5-8,10-11,17H,2-4,9H2,1H3,(H,31,32,33)(H2,28,29,30,35)/t17-/m0/s1. The van der Waals surface area contributed by atoms with Crippen LogP contribution in [0, 0.1) is 6.92 Å². The van der Waals surface area contributed by atoms with Crippen molar-refractivity contribution in [3.63, 3.8) is 0 Å². The van der Waals surface area contributed by atoms with E-state index in [0.717, 1.165) is 29.4 Å². The van der Waals surface area contributed by atoms with Gasteiger partial charge >= 0.3 is 6.18 Å². The molecule has 0 bridgehead atoms. The number of H-pyrrole nitrogens is 2. The van der Waals surface area contributed by atoms with Crippen LogP contribution >= 0.6 is 0 Å². The van der Waals surface area contributed by atoms with Gasteiger partial charge in [0, 0.05) is 29.3 Å². The lowest BCUT2D eigenvalue weighted by atomic mass is 9.98. The van der Waals surface area contributed by atoms with E-state index in [9.17, 15) is 22.8 Å². The lowest BCUT2D eigenvalue weighted by Gasteiger charge is -2.35. The Bertz CT molecular complexity index is 1440.